The first-order chi connectivity index (χ1) is 6.66. The van der Waals surface area contributed by atoms with Gasteiger partial charge in [-0.15, -0.1) is 12.4 Å². The van der Waals surface area contributed by atoms with Gasteiger partial charge in [-0.25, -0.2) is 9.18 Å². The molecule has 0 aliphatic carbocycles. The molecule has 0 amide bonds. The summed E-state index contributed by atoms with van der Waals surface area (Å²) in [5, 5.41) is 9.17. The molecular formula is C10H7ClFNO2. The van der Waals surface area contributed by atoms with Crippen LogP contribution in [0.5, 0.6) is 0 Å². The smallest absolute Gasteiger partial charge is 0.337 e. The number of aromatic nitrogens is 1. The van der Waals surface area contributed by atoms with E-state index in [1.807, 2.05) is 0 Å². The second kappa shape index (κ2) is 4.23. The topological polar surface area (TPSA) is 50.2 Å². The molecular weight excluding hydrogens is 221 g/mol. The van der Waals surface area contributed by atoms with Gasteiger partial charge in [0.2, 0.25) is 0 Å². The minimum atomic E-state index is -1.07. The van der Waals surface area contributed by atoms with Crippen LogP contribution in [0.1, 0.15) is 10.4 Å². The zero-order valence-electron chi connectivity index (χ0n) is 7.48. The Morgan fingerprint density at radius 3 is 2.73 bits per heavy atom. The highest BCUT2D eigenvalue weighted by Crippen LogP contribution is 2.14. The van der Waals surface area contributed by atoms with Gasteiger partial charge in [0.1, 0.15) is 5.82 Å². The molecule has 0 fully saturated rings. The van der Waals surface area contributed by atoms with Gasteiger partial charge in [0.05, 0.1) is 11.1 Å². The molecule has 0 aliphatic heterocycles. The molecule has 2 rings (SSSR count). The van der Waals surface area contributed by atoms with Gasteiger partial charge in [0.15, 0.2) is 0 Å². The monoisotopic (exact) mass is 227 g/mol. The van der Waals surface area contributed by atoms with Crippen LogP contribution in [0.4, 0.5) is 4.39 Å². The number of aromatic carboxylic acids is 1. The number of halogens is 2. The number of hydrogen-bond donors (Lipinski definition) is 1. The quantitative estimate of drug-likeness (QED) is 0.814. The Labute approximate surface area is 91.0 Å². The number of carboxylic acid groups (broad SMARTS) is 1. The maximum absolute atomic E-state index is 12.8. The van der Waals surface area contributed by atoms with E-state index in [1.54, 1.807) is 0 Å². The van der Waals surface area contributed by atoms with Gasteiger partial charge in [0.25, 0.3) is 0 Å². The van der Waals surface area contributed by atoms with Crippen molar-refractivity contribution in [2.45, 2.75) is 0 Å². The first-order valence-corrected chi connectivity index (χ1v) is 3.95. The van der Waals surface area contributed by atoms with Crippen LogP contribution in [0, 0.1) is 5.82 Å². The number of carboxylic acids is 1. The van der Waals surface area contributed by atoms with Gasteiger partial charge in [-0.2, -0.15) is 0 Å². The SMILES string of the molecule is Cl.O=C(O)c1cnc2ccc(F)cc2c1. The predicted octanol–water partition coefficient (Wildman–Crippen LogP) is 2.49. The number of benzene rings is 1. The maximum atomic E-state index is 12.8. The maximum Gasteiger partial charge on any atom is 0.337 e. The van der Waals surface area contributed by atoms with Crippen molar-refractivity contribution < 1.29 is 14.3 Å². The van der Waals surface area contributed by atoms with Gasteiger partial charge >= 0.3 is 5.97 Å². The molecule has 0 radical (unpaired) electrons. The van der Waals surface area contributed by atoms with E-state index >= 15 is 0 Å². The predicted molar refractivity (Wildman–Crippen MR) is 55.9 cm³/mol. The van der Waals surface area contributed by atoms with Crippen LogP contribution in [-0.4, -0.2) is 16.1 Å². The highest BCUT2D eigenvalue weighted by Gasteiger charge is 2.04. The van der Waals surface area contributed by atoms with E-state index in [-0.39, 0.29) is 18.0 Å². The molecule has 15 heavy (non-hydrogen) atoms. The Bertz CT molecular complexity index is 516. The molecule has 2 aromatic rings. The molecule has 78 valence electrons. The van der Waals surface area contributed by atoms with Gasteiger partial charge in [-0.05, 0) is 24.3 Å². The van der Waals surface area contributed by atoms with Crippen molar-refractivity contribution in [1.82, 2.24) is 4.98 Å². The Morgan fingerprint density at radius 1 is 1.33 bits per heavy atom. The summed E-state index contributed by atoms with van der Waals surface area (Å²) >= 11 is 0. The molecule has 0 spiro atoms. The van der Waals surface area contributed by atoms with Crippen molar-refractivity contribution in [3.8, 4) is 0 Å². The van der Waals surface area contributed by atoms with Crippen LogP contribution in [-0.2, 0) is 0 Å². The van der Waals surface area contributed by atoms with E-state index in [0.29, 0.717) is 10.9 Å². The van der Waals surface area contributed by atoms with E-state index in [4.69, 9.17) is 5.11 Å². The third-order valence-corrected chi connectivity index (χ3v) is 1.89. The van der Waals surface area contributed by atoms with Crippen molar-refractivity contribution in [1.29, 1.82) is 0 Å². The Morgan fingerprint density at radius 2 is 2.07 bits per heavy atom. The Hall–Kier alpha value is -1.68. The van der Waals surface area contributed by atoms with Gasteiger partial charge in [0, 0.05) is 11.6 Å². The molecule has 1 N–H and O–H groups in total. The zero-order valence-corrected chi connectivity index (χ0v) is 8.29. The van der Waals surface area contributed by atoms with Gasteiger partial charge in [-0.1, -0.05) is 0 Å². The van der Waals surface area contributed by atoms with Crippen LogP contribution in [0.2, 0.25) is 0 Å². The number of carbonyl (C=O) groups is 1. The molecule has 1 aromatic heterocycles. The highest BCUT2D eigenvalue weighted by molar-refractivity contribution is 5.92. The van der Waals surface area contributed by atoms with Crippen LogP contribution in [0.15, 0.2) is 30.5 Å². The largest absolute Gasteiger partial charge is 0.478 e. The average molecular weight is 228 g/mol. The molecule has 1 heterocycles. The molecule has 5 heteroatoms. The van der Waals surface area contributed by atoms with Gasteiger partial charge < -0.3 is 5.11 Å². The first kappa shape index (κ1) is 11.4. The number of hydrogen-bond acceptors (Lipinski definition) is 2. The fourth-order valence-electron chi connectivity index (χ4n) is 1.22. The van der Waals surface area contributed by atoms with Crippen LogP contribution < -0.4 is 0 Å². The van der Waals surface area contributed by atoms with Crippen LogP contribution in [0.3, 0.4) is 0 Å². The van der Waals surface area contributed by atoms with Crippen molar-refractivity contribution in [3.63, 3.8) is 0 Å². The number of fused-ring (bicyclic) bond motifs is 1. The second-order valence-corrected chi connectivity index (χ2v) is 2.87. The van der Waals surface area contributed by atoms with Crippen molar-refractivity contribution >= 4 is 29.3 Å². The third-order valence-electron chi connectivity index (χ3n) is 1.89. The van der Waals surface area contributed by atoms with E-state index in [9.17, 15) is 9.18 Å². The summed E-state index contributed by atoms with van der Waals surface area (Å²) in [6.07, 6.45) is 1.25. The van der Waals surface area contributed by atoms with Gasteiger partial charge in [-0.3, -0.25) is 4.98 Å². The molecule has 0 bridgehead atoms. The third kappa shape index (κ3) is 2.22. The number of rotatable bonds is 1. The lowest BCUT2D eigenvalue weighted by Gasteiger charge is -1.98. The molecule has 0 aliphatic rings. The Kier molecular flexibility index (Phi) is 3.21. The summed E-state index contributed by atoms with van der Waals surface area (Å²) in [6.45, 7) is 0. The van der Waals surface area contributed by atoms with E-state index < -0.39 is 11.8 Å². The molecule has 0 saturated heterocycles. The van der Waals surface area contributed by atoms with Crippen LogP contribution in [0.25, 0.3) is 10.9 Å². The van der Waals surface area contributed by atoms with E-state index in [2.05, 4.69) is 4.98 Å². The van der Waals surface area contributed by atoms with Crippen molar-refractivity contribution in [2.24, 2.45) is 0 Å². The highest BCUT2D eigenvalue weighted by atomic mass is 35.5. The lowest BCUT2D eigenvalue weighted by molar-refractivity contribution is 0.0696. The molecule has 3 nitrogen and oxygen atoms in total. The summed E-state index contributed by atoms with van der Waals surface area (Å²) in [6, 6.07) is 5.45. The number of pyridine rings is 1. The van der Waals surface area contributed by atoms with Crippen LogP contribution >= 0.6 is 12.4 Å². The summed E-state index contributed by atoms with van der Waals surface area (Å²) in [4.78, 5) is 14.5. The summed E-state index contributed by atoms with van der Waals surface area (Å²) < 4.78 is 12.8. The zero-order chi connectivity index (χ0) is 10.1. The summed E-state index contributed by atoms with van der Waals surface area (Å²) in [5.74, 6) is -1.47. The molecule has 1 aromatic carbocycles. The fourth-order valence-corrected chi connectivity index (χ4v) is 1.22. The minimum absolute atomic E-state index is 0. The molecule has 0 atom stereocenters. The normalized spacial score (nSPS) is 9.67. The van der Waals surface area contributed by atoms with Crippen molar-refractivity contribution in [3.05, 3.63) is 41.8 Å². The summed E-state index contributed by atoms with van der Waals surface area (Å²) in [5.41, 5.74) is 0.638. The summed E-state index contributed by atoms with van der Waals surface area (Å²) in [7, 11) is 0. The average Bonchev–Trinajstić information content (AvgIpc) is 2.16. The van der Waals surface area contributed by atoms with E-state index in [1.165, 1.54) is 30.5 Å². The molecule has 0 saturated carbocycles. The second-order valence-electron chi connectivity index (χ2n) is 2.87. The minimum Gasteiger partial charge on any atom is -0.478 e. The lowest BCUT2D eigenvalue weighted by atomic mass is 10.1. The van der Waals surface area contributed by atoms with Crippen molar-refractivity contribution in [2.75, 3.05) is 0 Å². The number of nitrogens with zero attached hydrogens (tertiary/aromatic N) is 1. The fraction of sp³-hybridized carbons (Fsp3) is 0. The van der Waals surface area contributed by atoms with E-state index in [0.717, 1.165) is 0 Å². The Balaban J connectivity index is 0.00000112. The first-order valence-electron chi connectivity index (χ1n) is 3.95. The molecule has 0 unspecified atom stereocenters. The lowest BCUT2D eigenvalue weighted by Crippen LogP contribution is -1.96. The standard InChI is InChI=1S/C10H6FNO2.ClH/c11-8-1-2-9-6(4-8)3-7(5-12-9)10(13)14;/h1-5H,(H,13,14);1H.